The number of nitrogens with one attached hydrogen (secondary N) is 1. The van der Waals surface area contributed by atoms with Crippen LogP contribution in [0.25, 0.3) is 16.9 Å². The number of nitrogens with zero attached hydrogens (tertiary/aromatic N) is 2. The van der Waals surface area contributed by atoms with Gasteiger partial charge in [-0.15, -0.1) is 0 Å². The Hall–Kier alpha value is -2.10. The van der Waals surface area contributed by atoms with Crippen LogP contribution in [-0.2, 0) is 13.0 Å². The summed E-state index contributed by atoms with van der Waals surface area (Å²) in [4.78, 5) is 0. The van der Waals surface area contributed by atoms with E-state index in [1.54, 1.807) is 0 Å². The van der Waals surface area contributed by atoms with E-state index in [1.165, 1.54) is 11.3 Å². The predicted octanol–water partition coefficient (Wildman–Crippen LogP) is 3.84. The highest BCUT2D eigenvalue weighted by Crippen LogP contribution is 2.29. The van der Waals surface area contributed by atoms with Crippen LogP contribution in [0.4, 0.5) is 0 Å². The van der Waals surface area contributed by atoms with E-state index in [2.05, 4.69) is 34.3 Å². The van der Waals surface area contributed by atoms with Gasteiger partial charge >= 0.3 is 0 Å². The van der Waals surface area contributed by atoms with Crippen LogP contribution < -0.4 is 5.32 Å². The minimum Gasteiger partial charge on any atom is -0.312 e. The molecule has 0 atom stereocenters. The molecule has 2 heterocycles. The summed E-state index contributed by atoms with van der Waals surface area (Å²) in [6, 6.07) is 18.2. The second kappa shape index (κ2) is 5.59. The van der Waals surface area contributed by atoms with Crippen LogP contribution in [0.2, 0.25) is 5.02 Å². The first-order valence-corrected chi connectivity index (χ1v) is 7.83. The van der Waals surface area contributed by atoms with Gasteiger partial charge in [0.1, 0.15) is 0 Å². The van der Waals surface area contributed by atoms with E-state index in [-0.39, 0.29) is 0 Å². The van der Waals surface area contributed by atoms with Crippen molar-refractivity contribution >= 4 is 11.6 Å². The third kappa shape index (κ3) is 2.32. The second-order valence-corrected chi connectivity index (χ2v) is 5.89. The predicted molar refractivity (Wildman–Crippen MR) is 89.4 cm³/mol. The Morgan fingerprint density at radius 3 is 2.55 bits per heavy atom. The van der Waals surface area contributed by atoms with Crippen LogP contribution in [0, 0.1) is 0 Å². The third-order valence-corrected chi connectivity index (χ3v) is 4.30. The Balaban J connectivity index is 1.89. The van der Waals surface area contributed by atoms with Gasteiger partial charge in [-0.1, -0.05) is 41.9 Å². The molecule has 0 radical (unpaired) electrons. The van der Waals surface area contributed by atoms with E-state index in [4.69, 9.17) is 16.7 Å². The molecule has 0 bridgehead atoms. The lowest BCUT2D eigenvalue weighted by molar-refractivity contribution is 0.623. The highest BCUT2D eigenvalue weighted by molar-refractivity contribution is 6.30. The number of aromatic nitrogens is 2. The summed E-state index contributed by atoms with van der Waals surface area (Å²) in [5.41, 5.74) is 5.88. The van der Waals surface area contributed by atoms with Gasteiger partial charge in [-0.3, -0.25) is 0 Å². The molecule has 0 spiro atoms. The van der Waals surface area contributed by atoms with Crippen molar-refractivity contribution in [2.24, 2.45) is 0 Å². The molecule has 3 nitrogen and oxygen atoms in total. The molecule has 110 valence electrons. The molecular weight excluding hydrogens is 294 g/mol. The van der Waals surface area contributed by atoms with E-state index in [0.29, 0.717) is 0 Å². The molecule has 0 unspecified atom stereocenters. The molecule has 1 aliphatic rings. The van der Waals surface area contributed by atoms with E-state index in [0.717, 1.165) is 41.5 Å². The van der Waals surface area contributed by atoms with Crippen LogP contribution in [0.3, 0.4) is 0 Å². The minimum absolute atomic E-state index is 0.745. The average molecular weight is 310 g/mol. The standard InChI is InChI=1S/C18H16ClN3/c19-14-6-8-15(9-7-14)22-17-10-11-20-12-16(17)18(21-22)13-4-2-1-3-5-13/h1-9,20H,10-12H2. The van der Waals surface area contributed by atoms with E-state index in [1.807, 2.05) is 30.3 Å². The number of benzene rings is 2. The van der Waals surface area contributed by atoms with Gasteiger partial charge < -0.3 is 5.32 Å². The zero-order valence-electron chi connectivity index (χ0n) is 12.1. The van der Waals surface area contributed by atoms with Crippen molar-refractivity contribution in [3.05, 3.63) is 70.9 Å². The highest BCUT2D eigenvalue weighted by Gasteiger charge is 2.22. The molecule has 0 saturated carbocycles. The van der Waals surface area contributed by atoms with Gasteiger partial charge in [-0.25, -0.2) is 4.68 Å². The SMILES string of the molecule is Clc1ccc(-n2nc(-c3ccccc3)c3c2CCNC3)cc1. The summed E-state index contributed by atoms with van der Waals surface area (Å²) in [6.07, 6.45) is 0.984. The molecule has 0 fully saturated rings. The fraction of sp³-hybridized carbons (Fsp3) is 0.167. The van der Waals surface area contributed by atoms with Crippen molar-refractivity contribution in [3.8, 4) is 16.9 Å². The molecule has 0 saturated heterocycles. The number of fused-ring (bicyclic) bond motifs is 1. The molecule has 1 aliphatic heterocycles. The van der Waals surface area contributed by atoms with Crippen molar-refractivity contribution in [2.45, 2.75) is 13.0 Å². The maximum atomic E-state index is 6.00. The van der Waals surface area contributed by atoms with Crippen molar-refractivity contribution in [1.29, 1.82) is 0 Å². The monoisotopic (exact) mass is 309 g/mol. The molecule has 1 aromatic heterocycles. The zero-order chi connectivity index (χ0) is 14.9. The maximum Gasteiger partial charge on any atom is 0.0975 e. The Labute approximate surface area is 134 Å². The summed E-state index contributed by atoms with van der Waals surface area (Å²) in [7, 11) is 0. The van der Waals surface area contributed by atoms with Crippen molar-refractivity contribution in [1.82, 2.24) is 15.1 Å². The Kier molecular flexibility index (Phi) is 3.45. The first-order chi connectivity index (χ1) is 10.8. The smallest absolute Gasteiger partial charge is 0.0975 e. The highest BCUT2D eigenvalue weighted by atomic mass is 35.5. The first kappa shape index (κ1) is 13.6. The number of halogens is 1. The quantitative estimate of drug-likeness (QED) is 0.779. The molecule has 0 aliphatic carbocycles. The van der Waals surface area contributed by atoms with Gasteiger partial charge in [-0.05, 0) is 24.3 Å². The lowest BCUT2D eigenvalue weighted by Gasteiger charge is -2.15. The lowest BCUT2D eigenvalue weighted by atomic mass is 10.0. The molecule has 4 heteroatoms. The topological polar surface area (TPSA) is 29.9 Å². The van der Waals surface area contributed by atoms with Crippen LogP contribution in [0.1, 0.15) is 11.3 Å². The second-order valence-electron chi connectivity index (χ2n) is 5.45. The molecule has 4 rings (SSSR count). The Bertz CT molecular complexity index is 791. The summed E-state index contributed by atoms with van der Waals surface area (Å²) in [6.45, 7) is 1.85. The van der Waals surface area contributed by atoms with Crippen molar-refractivity contribution < 1.29 is 0 Å². The van der Waals surface area contributed by atoms with Gasteiger partial charge in [0.25, 0.3) is 0 Å². The Morgan fingerprint density at radius 2 is 1.77 bits per heavy atom. The minimum atomic E-state index is 0.745. The average Bonchev–Trinajstić information content (AvgIpc) is 2.96. The van der Waals surface area contributed by atoms with E-state index >= 15 is 0 Å². The third-order valence-electron chi connectivity index (χ3n) is 4.05. The summed E-state index contributed by atoms with van der Waals surface area (Å²) < 4.78 is 2.06. The zero-order valence-corrected chi connectivity index (χ0v) is 12.8. The van der Waals surface area contributed by atoms with Crippen molar-refractivity contribution in [2.75, 3.05) is 6.54 Å². The normalized spacial score (nSPS) is 13.9. The van der Waals surface area contributed by atoms with Gasteiger partial charge in [0, 0.05) is 35.7 Å². The van der Waals surface area contributed by atoms with Crippen LogP contribution in [0.5, 0.6) is 0 Å². The van der Waals surface area contributed by atoms with Crippen LogP contribution in [-0.4, -0.2) is 16.3 Å². The molecule has 22 heavy (non-hydrogen) atoms. The van der Waals surface area contributed by atoms with Gasteiger partial charge in [-0.2, -0.15) is 5.10 Å². The fourth-order valence-corrected chi connectivity index (χ4v) is 3.10. The maximum absolute atomic E-state index is 6.00. The summed E-state index contributed by atoms with van der Waals surface area (Å²) in [5, 5.41) is 9.09. The largest absolute Gasteiger partial charge is 0.312 e. The first-order valence-electron chi connectivity index (χ1n) is 7.46. The van der Waals surface area contributed by atoms with E-state index in [9.17, 15) is 0 Å². The van der Waals surface area contributed by atoms with Crippen LogP contribution in [0.15, 0.2) is 54.6 Å². The Morgan fingerprint density at radius 1 is 1.00 bits per heavy atom. The van der Waals surface area contributed by atoms with Gasteiger partial charge in [0.2, 0.25) is 0 Å². The number of hydrogen-bond acceptors (Lipinski definition) is 2. The molecule has 1 N–H and O–H groups in total. The van der Waals surface area contributed by atoms with Gasteiger partial charge in [0.15, 0.2) is 0 Å². The molecule has 0 amide bonds. The summed E-state index contributed by atoms with van der Waals surface area (Å²) >= 11 is 6.00. The fourth-order valence-electron chi connectivity index (χ4n) is 2.97. The van der Waals surface area contributed by atoms with E-state index < -0.39 is 0 Å². The van der Waals surface area contributed by atoms with Crippen LogP contribution >= 0.6 is 11.6 Å². The van der Waals surface area contributed by atoms with Gasteiger partial charge in [0.05, 0.1) is 17.1 Å². The molecule has 3 aromatic rings. The number of rotatable bonds is 2. The number of hydrogen-bond donors (Lipinski definition) is 1. The lowest BCUT2D eigenvalue weighted by Crippen LogP contribution is -2.24. The van der Waals surface area contributed by atoms with Crippen molar-refractivity contribution in [3.63, 3.8) is 0 Å². The molecular formula is C18H16ClN3. The summed E-state index contributed by atoms with van der Waals surface area (Å²) in [5.74, 6) is 0. The molecule has 2 aromatic carbocycles.